The molecule has 2 amide bonds. The van der Waals surface area contributed by atoms with Gasteiger partial charge in [0.2, 0.25) is 11.8 Å². The molecule has 1 aliphatic heterocycles. The second kappa shape index (κ2) is 7.82. The van der Waals surface area contributed by atoms with Crippen molar-refractivity contribution in [2.24, 2.45) is 17.6 Å². The maximum Gasteiger partial charge on any atom is 0.222 e. The van der Waals surface area contributed by atoms with Crippen LogP contribution < -0.4 is 5.73 Å². The number of benzene rings is 1. The van der Waals surface area contributed by atoms with E-state index in [1.807, 2.05) is 4.90 Å². The number of hydrogen-bond acceptors (Lipinski definition) is 2. The van der Waals surface area contributed by atoms with Crippen molar-refractivity contribution in [1.82, 2.24) is 4.90 Å². The number of nitrogens with two attached hydrogens (primary N) is 1. The zero-order valence-corrected chi connectivity index (χ0v) is 14.3. The van der Waals surface area contributed by atoms with Gasteiger partial charge >= 0.3 is 0 Å². The molecule has 2 aliphatic rings. The number of carbonyl (C=O) groups excluding carboxylic acids is 2. The Hall–Kier alpha value is -1.84. The molecule has 1 heterocycles. The van der Waals surface area contributed by atoms with Gasteiger partial charge in [0.1, 0.15) is 0 Å². The summed E-state index contributed by atoms with van der Waals surface area (Å²) < 4.78 is 0. The highest BCUT2D eigenvalue weighted by molar-refractivity contribution is 5.80. The maximum absolute atomic E-state index is 12.6. The van der Waals surface area contributed by atoms with E-state index in [-0.39, 0.29) is 17.7 Å². The Labute approximate surface area is 144 Å². The Bertz CT molecular complexity index is 564. The van der Waals surface area contributed by atoms with Gasteiger partial charge < -0.3 is 10.6 Å². The van der Waals surface area contributed by atoms with Crippen LogP contribution in [-0.2, 0) is 9.59 Å². The second-order valence-electron chi connectivity index (χ2n) is 7.41. The van der Waals surface area contributed by atoms with Gasteiger partial charge in [-0.1, -0.05) is 30.3 Å². The SMILES string of the molecule is NC(=O)C1CCCN(C(=O)CC2CCC(c3ccccc3)CC2)C1. The third-order valence-corrected chi connectivity index (χ3v) is 5.76. The van der Waals surface area contributed by atoms with Crippen molar-refractivity contribution >= 4 is 11.8 Å². The summed E-state index contributed by atoms with van der Waals surface area (Å²) in [6.07, 6.45) is 6.93. The topological polar surface area (TPSA) is 63.4 Å². The molecule has 2 N–H and O–H groups in total. The minimum absolute atomic E-state index is 0.156. The molecule has 2 fully saturated rings. The van der Waals surface area contributed by atoms with Gasteiger partial charge in [-0.2, -0.15) is 0 Å². The molecule has 1 aromatic rings. The van der Waals surface area contributed by atoms with Crippen molar-refractivity contribution in [3.05, 3.63) is 35.9 Å². The minimum Gasteiger partial charge on any atom is -0.369 e. The van der Waals surface area contributed by atoms with Gasteiger partial charge in [0.25, 0.3) is 0 Å². The molecule has 4 heteroatoms. The fraction of sp³-hybridized carbons (Fsp3) is 0.600. The van der Waals surface area contributed by atoms with Crippen LogP contribution in [0.5, 0.6) is 0 Å². The first-order valence-electron chi connectivity index (χ1n) is 9.25. The fourth-order valence-electron chi connectivity index (χ4n) is 4.24. The standard InChI is InChI=1S/C20H28N2O2/c21-20(24)18-7-4-12-22(14-18)19(23)13-15-8-10-17(11-9-15)16-5-2-1-3-6-16/h1-3,5-6,15,17-18H,4,7-14H2,(H2,21,24). The van der Waals surface area contributed by atoms with Crippen molar-refractivity contribution < 1.29 is 9.59 Å². The van der Waals surface area contributed by atoms with Gasteiger partial charge in [0, 0.05) is 19.5 Å². The van der Waals surface area contributed by atoms with Crippen LogP contribution in [0.3, 0.4) is 0 Å². The smallest absolute Gasteiger partial charge is 0.222 e. The van der Waals surface area contributed by atoms with Gasteiger partial charge in [0.05, 0.1) is 5.92 Å². The van der Waals surface area contributed by atoms with Crippen LogP contribution in [0.15, 0.2) is 30.3 Å². The molecule has 1 unspecified atom stereocenters. The molecule has 3 rings (SSSR count). The van der Waals surface area contributed by atoms with Gasteiger partial charge in [0.15, 0.2) is 0 Å². The summed E-state index contributed by atoms with van der Waals surface area (Å²) in [5.41, 5.74) is 6.84. The van der Waals surface area contributed by atoms with Crippen LogP contribution in [-0.4, -0.2) is 29.8 Å². The molecule has 0 aromatic heterocycles. The average molecular weight is 328 g/mol. The highest BCUT2D eigenvalue weighted by Gasteiger charge is 2.29. The lowest BCUT2D eigenvalue weighted by Gasteiger charge is -2.34. The number of rotatable bonds is 4. The van der Waals surface area contributed by atoms with Gasteiger partial charge in [-0.3, -0.25) is 9.59 Å². The first-order valence-corrected chi connectivity index (χ1v) is 9.25. The van der Waals surface area contributed by atoms with E-state index < -0.39 is 0 Å². The van der Waals surface area contributed by atoms with E-state index in [9.17, 15) is 9.59 Å². The summed E-state index contributed by atoms with van der Waals surface area (Å²) in [7, 11) is 0. The van der Waals surface area contributed by atoms with Crippen LogP contribution in [0.2, 0.25) is 0 Å². The molecule has 1 atom stereocenters. The van der Waals surface area contributed by atoms with E-state index in [0.717, 1.165) is 32.2 Å². The number of amides is 2. The number of primary amides is 1. The first kappa shape index (κ1) is 17.0. The summed E-state index contributed by atoms with van der Waals surface area (Å²) in [6.45, 7) is 1.30. The number of piperidine rings is 1. The largest absolute Gasteiger partial charge is 0.369 e. The van der Waals surface area contributed by atoms with Crippen LogP contribution in [0.1, 0.15) is 56.4 Å². The second-order valence-corrected chi connectivity index (χ2v) is 7.41. The molecule has 0 spiro atoms. The van der Waals surface area contributed by atoms with E-state index in [1.54, 1.807) is 0 Å². The summed E-state index contributed by atoms with van der Waals surface area (Å²) in [4.78, 5) is 25.8. The zero-order chi connectivity index (χ0) is 16.9. The predicted molar refractivity (Wildman–Crippen MR) is 94.3 cm³/mol. The van der Waals surface area contributed by atoms with Gasteiger partial charge in [-0.15, -0.1) is 0 Å². The summed E-state index contributed by atoms with van der Waals surface area (Å²) in [6, 6.07) is 10.7. The highest BCUT2D eigenvalue weighted by Crippen LogP contribution is 2.37. The quantitative estimate of drug-likeness (QED) is 0.923. The van der Waals surface area contributed by atoms with Crippen molar-refractivity contribution in [3.8, 4) is 0 Å². The lowest BCUT2D eigenvalue weighted by molar-refractivity contribution is -0.136. The lowest BCUT2D eigenvalue weighted by atomic mass is 9.77. The van der Waals surface area contributed by atoms with Crippen LogP contribution in [0.25, 0.3) is 0 Å². The molecule has 0 radical (unpaired) electrons. The molecule has 1 aromatic carbocycles. The van der Waals surface area contributed by atoms with Crippen molar-refractivity contribution in [3.63, 3.8) is 0 Å². The Morgan fingerprint density at radius 1 is 1.04 bits per heavy atom. The van der Waals surface area contributed by atoms with Gasteiger partial charge in [-0.05, 0) is 55.9 Å². The lowest BCUT2D eigenvalue weighted by Crippen LogP contribution is -2.44. The van der Waals surface area contributed by atoms with E-state index in [4.69, 9.17) is 5.73 Å². The third kappa shape index (κ3) is 4.16. The number of nitrogens with zero attached hydrogens (tertiary/aromatic N) is 1. The summed E-state index contributed by atoms with van der Waals surface area (Å²) in [5.74, 6) is 0.926. The normalized spacial score (nSPS) is 27.7. The zero-order valence-electron chi connectivity index (χ0n) is 14.3. The van der Waals surface area contributed by atoms with Crippen molar-refractivity contribution in [2.45, 2.75) is 50.9 Å². The first-order chi connectivity index (χ1) is 11.6. The highest BCUT2D eigenvalue weighted by atomic mass is 16.2. The predicted octanol–water partition coefficient (Wildman–Crippen LogP) is 3.07. The van der Waals surface area contributed by atoms with E-state index in [2.05, 4.69) is 30.3 Å². The molecule has 130 valence electrons. The van der Waals surface area contributed by atoms with Crippen LogP contribution >= 0.6 is 0 Å². The molecule has 0 bridgehead atoms. The van der Waals surface area contributed by atoms with Crippen LogP contribution in [0, 0.1) is 11.8 Å². The van der Waals surface area contributed by atoms with E-state index in [0.29, 0.717) is 24.8 Å². The molecule has 24 heavy (non-hydrogen) atoms. The Kier molecular flexibility index (Phi) is 5.54. The van der Waals surface area contributed by atoms with E-state index in [1.165, 1.54) is 18.4 Å². The molecular weight excluding hydrogens is 300 g/mol. The molecular formula is C20H28N2O2. The maximum atomic E-state index is 12.6. The molecule has 1 aliphatic carbocycles. The molecule has 1 saturated carbocycles. The number of carbonyl (C=O) groups is 2. The van der Waals surface area contributed by atoms with E-state index >= 15 is 0 Å². The Morgan fingerprint density at radius 2 is 1.75 bits per heavy atom. The summed E-state index contributed by atoms with van der Waals surface area (Å²) in [5, 5.41) is 0. The fourth-order valence-corrected chi connectivity index (χ4v) is 4.24. The Morgan fingerprint density at radius 3 is 2.42 bits per heavy atom. The number of likely N-dealkylation sites (tertiary alicyclic amines) is 1. The van der Waals surface area contributed by atoms with Crippen molar-refractivity contribution in [2.75, 3.05) is 13.1 Å². The average Bonchev–Trinajstić information content (AvgIpc) is 2.63. The summed E-state index contributed by atoms with van der Waals surface area (Å²) >= 11 is 0. The Balaban J connectivity index is 1.47. The number of hydrogen-bond donors (Lipinski definition) is 1. The van der Waals surface area contributed by atoms with Crippen molar-refractivity contribution in [1.29, 1.82) is 0 Å². The molecule has 4 nitrogen and oxygen atoms in total. The monoisotopic (exact) mass is 328 g/mol. The minimum atomic E-state index is -0.268. The third-order valence-electron chi connectivity index (χ3n) is 5.76. The van der Waals surface area contributed by atoms with Gasteiger partial charge in [-0.25, -0.2) is 0 Å². The van der Waals surface area contributed by atoms with Crippen LogP contribution in [0.4, 0.5) is 0 Å². The molecule has 1 saturated heterocycles.